The van der Waals surface area contributed by atoms with Gasteiger partial charge in [0.2, 0.25) is 0 Å². The summed E-state index contributed by atoms with van der Waals surface area (Å²) in [6.45, 7) is 0. The van der Waals surface area contributed by atoms with Crippen LogP contribution in [0.25, 0.3) is 0 Å². The van der Waals surface area contributed by atoms with Crippen LogP contribution in [0.1, 0.15) is 10.4 Å². The Kier molecular flexibility index (Phi) is 4.34. The molecule has 98 valence electrons. The molecule has 0 aliphatic heterocycles. The monoisotopic (exact) mass is 358 g/mol. The SMILES string of the molecule is Nc1cccc(C(=O)Nc2cc(Cl)ccc2Br)c1Cl. The van der Waals surface area contributed by atoms with Crippen LogP contribution in [0.3, 0.4) is 0 Å². The van der Waals surface area contributed by atoms with E-state index < -0.39 is 0 Å². The van der Waals surface area contributed by atoms with E-state index in [2.05, 4.69) is 21.2 Å². The molecule has 0 heterocycles. The smallest absolute Gasteiger partial charge is 0.257 e. The van der Waals surface area contributed by atoms with Gasteiger partial charge in [0.1, 0.15) is 0 Å². The molecule has 0 aliphatic carbocycles. The Bertz CT molecular complexity index is 647. The van der Waals surface area contributed by atoms with Crippen LogP contribution in [-0.4, -0.2) is 5.91 Å². The molecule has 2 aromatic carbocycles. The average Bonchev–Trinajstić information content (AvgIpc) is 2.37. The highest BCUT2D eigenvalue weighted by atomic mass is 79.9. The third-order valence-electron chi connectivity index (χ3n) is 2.45. The summed E-state index contributed by atoms with van der Waals surface area (Å²) in [6, 6.07) is 10.0. The molecule has 0 saturated carbocycles. The summed E-state index contributed by atoms with van der Waals surface area (Å²) in [5, 5.41) is 3.48. The molecule has 0 bridgehead atoms. The van der Waals surface area contributed by atoms with Crippen molar-refractivity contribution < 1.29 is 4.79 Å². The maximum atomic E-state index is 12.1. The fraction of sp³-hybridized carbons (Fsp3) is 0. The summed E-state index contributed by atoms with van der Waals surface area (Å²) in [6.07, 6.45) is 0. The van der Waals surface area contributed by atoms with Crippen LogP contribution in [0.15, 0.2) is 40.9 Å². The van der Waals surface area contributed by atoms with Gasteiger partial charge in [0.15, 0.2) is 0 Å². The fourth-order valence-corrected chi connectivity index (χ4v) is 2.24. The lowest BCUT2D eigenvalue weighted by atomic mass is 10.2. The van der Waals surface area contributed by atoms with E-state index in [9.17, 15) is 4.79 Å². The van der Waals surface area contributed by atoms with Crippen LogP contribution >= 0.6 is 39.1 Å². The van der Waals surface area contributed by atoms with Crippen molar-refractivity contribution in [3.8, 4) is 0 Å². The van der Waals surface area contributed by atoms with E-state index in [-0.39, 0.29) is 10.9 Å². The van der Waals surface area contributed by atoms with Gasteiger partial charge < -0.3 is 11.1 Å². The van der Waals surface area contributed by atoms with Gasteiger partial charge in [-0.2, -0.15) is 0 Å². The van der Waals surface area contributed by atoms with E-state index in [0.717, 1.165) is 4.47 Å². The lowest BCUT2D eigenvalue weighted by Gasteiger charge is -2.10. The number of halogens is 3. The van der Waals surface area contributed by atoms with Gasteiger partial charge in [0.05, 0.1) is 22.0 Å². The number of nitrogens with two attached hydrogens (primary N) is 1. The molecule has 0 radical (unpaired) electrons. The third-order valence-corrected chi connectivity index (χ3v) is 3.80. The van der Waals surface area contributed by atoms with Crippen molar-refractivity contribution in [2.45, 2.75) is 0 Å². The van der Waals surface area contributed by atoms with Crippen molar-refractivity contribution >= 4 is 56.4 Å². The zero-order chi connectivity index (χ0) is 14.0. The Hall–Kier alpha value is -1.23. The number of amides is 1. The molecule has 2 aromatic rings. The number of nitrogens with one attached hydrogen (secondary N) is 1. The van der Waals surface area contributed by atoms with Crippen LogP contribution in [0.4, 0.5) is 11.4 Å². The number of benzene rings is 2. The maximum Gasteiger partial charge on any atom is 0.257 e. The number of hydrogen-bond acceptors (Lipinski definition) is 2. The minimum Gasteiger partial charge on any atom is -0.398 e. The quantitative estimate of drug-likeness (QED) is 0.770. The summed E-state index contributed by atoms with van der Waals surface area (Å²) < 4.78 is 0.727. The van der Waals surface area contributed by atoms with Crippen LogP contribution < -0.4 is 11.1 Å². The van der Waals surface area contributed by atoms with Crippen molar-refractivity contribution in [1.82, 2.24) is 0 Å². The molecule has 0 fully saturated rings. The van der Waals surface area contributed by atoms with Gasteiger partial charge >= 0.3 is 0 Å². The van der Waals surface area contributed by atoms with E-state index in [4.69, 9.17) is 28.9 Å². The molecule has 19 heavy (non-hydrogen) atoms. The average molecular weight is 360 g/mol. The molecular weight excluding hydrogens is 351 g/mol. The predicted octanol–water partition coefficient (Wildman–Crippen LogP) is 4.59. The van der Waals surface area contributed by atoms with Crippen LogP contribution in [0, 0.1) is 0 Å². The van der Waals surface area contributed by atoms with Gasteiger partial charge in [-0.25, -0.2) is 0 Å². The lowest BCUT2D eigenvalue weighted by Crippen LogP contribution is -2.13. The van der Waals surface area contributed by atoms with Crippen LogP contribution in [0.5, 0.6) is 0 Å². The van der Waals surface area contributed by atoms with Gasteiger partial charge in [0.25, 0.3) is 5.91 Å². The first kappa shape index (κ1) is 14.2. The van der Waals surface area contributed by atoms with E-state index in [0.29, 0.717) is 22.0 Å². The summed E-state index contributed by atoms with van der Waals surface area (Å²) in [4.78, 5) is 12.1. The van der Waals surface area contributed by atoms with Gasteiger partial charge in [-0.15, -0.1) is 0 Å². The molecule has 0 aliphatic rings. The molecule has 0 unspecified atom stereocenters. The zero-order valence-electron chi connectivity index (χ0n) is 9.58. The highest BCUT2D eigenvalue weighted by Crippen LogP contribution is 2.28. The van der Waals surface area contributed by atoms with Crippen molar-refractivity contribution in [3.05, 3.63) is 56.5 Å². The lowest BCUT2D eigenvalue weighted by molar-refractivity contribution is 0.102. The van der Waals surface area contributed by atoms with E-state index >= 15 is 0 Å². The third kappa shape index (κ3) is 3.21. The number of rotatable bonds is 2. The summed E-state index contributed by atoms with van der Waals surface area (Å²) >= 11 is 15.2. The van der Waals surface area contributed by atoms with E-state index in [1.165, 1.54) is 0 Å². The second-order valence-corrected chi connectivity index (χ2v) is 5.46. The van der Waals surface area contributed by atoms with Gasteiger partial charge in [0, 0.05) is 9.50 Å². The first-order valence-electron chi connectivity index (χ1n) is 5.29. The van der Waals surface area contributed by atoms with E-state index in [1.54, 1.807) is 36.4 Å². The Labute approximate surface area is 128 Å². The molecule has 0 spiro atoms. The Morgan fingerprint density at radius 1 is 1.21 bits per heavy atom. The van der Waals surface area contributed by atoms with Gasteiger partial charge in [-0.1, -0.05) is 29.3 Å². The second kappa shape index (κ2) is 5.82. The van der Waals surface area contributed by atoms with Gasteiger partial charge in [-0.05, 0) is 46.3 Å². The van der Waals surface area contributed by atoms with Crippen molar-refractivity contribution in [3.63, 3.8) is 0 Å². The summed E-state index contributed by atoms with van der Waals surface area (Å²) in [5.41, 5.74) is 6.90. The molecule has 6 heteroatoms. The Morgan fingerprint density at radius 2 is 1.95 bits per heavy atom. The maximum absolute atomic E-state index is 12.1. The minimum absolute atomic E-state index is 0.234. The highest BCUT2D eigenvalue weighted by Gasteiger charge is 2.13. The number of carbonyl (C=O) groups is 1. The zero-order valence-corrected chi connectivity index (χ0v) is 12.7. The van der Waals surface area contributed by atoms with Crippen LogP contribution in [-0.2, 0) is 0 Å². The van der Waals surface area contributed by atoms with Crippen molar-refractivity contribution in [1.29, 1.82) is 0 Å². The molecule has 1 amide bonds. The Morgan fingerprint density at radius 3 is 2.68 bits per heavy atom. The number of nitrogen functional groups attached to an aromatic ring is 1. The van der Waals surface area contributed by atoms with E-state index in [1.807, 2.05) is 0 Å². The number of carbonyl (C=O) groups excluding carboxylic acids is 1. The molecule has 0 atom stereocenters. The molecular formula is C13H9BrCl2N2O. The first-order valence-corrected chi connectivity index (χ1v) is 6.84. The number of hydrogen-bond donors (Lipinski definition) is 2. The van der Waals surface area contributed by atoms with Crippen LogP contribution in [0.2, 0.25) is 10.0 Å². The largest absolute Gasteiger partial charge is 0.398 e. The predicted molar refractivity (Wildman–Crippen MR) is 83.0 cm³/mol. The summed E-state index contributed by atoms with van der Waals surface area (Å²) in [5.74, 6) is -0.347. The summed E-state index contributed by atoms with van der Waals surface area (Å²) in [7, 11) is 0. The topological polar surface area (TPSA) is 55.1 Å². The van der Waals surface area contributed by atoms with Crippen molar-refractivity contribution in [2.24, 2.45) is 0 Å². The highest BCUT2D eigenvalue weighted by molar-refractivity contribution is 9.10. The van der Waals surface area contributed by atoms with Crippen molar-refractivity contribution in [2.75, 3.05) is 11.1 Å². The molecule has 0 saturated heterocycles. The molecule has 2 rings (SSSR count). The number of anilines is 2. The second-order valence-electron chi connectivity index (χ2n) is 3.79. The first-order chi connectivity index (χ1) is 8.99. The minimum atomic E-state index is -0.347. The molecule has 3 nitrogen and oxygen atoms in total. The Balaban J connectivity index is 2.31. The normalized spacial score (nSPS) is 10.3. The fourth-order valence-electron chi connectivity index (χ4n) is 1.51. The standard InChI is InChI=1S/C13H9BrCl2N2O/c14-9-5-4-7(15)6-11(9)18-13(19)8-2-1-3-10(17)12(8)16/h1-6H,17H2,(H,18,19). The molecule has 3 N–H and O–H groups in total. The molecule has 0 aromatic heterocycles. The van der Waals surface area contributed by atoms with Gasteiger partial charge in [-0.3, -0.25) is 4.79 Å².